The van der Waals surface area contributed by atoms with Crippen LogP contribution in [0.3, 0.4) is 0 Å². The Kier molecular flexibility index (Phi) is 14.5. The molecule has 0 radical (unpaired) electrons. The summed E-state index contributed by atoms with van der Waals surface area (Å²) in [4.78, 5) is -0.767. The van der Waals surface area contributed by atoms with Crippen LogP contribution in [0.4, 0.5) is 0 Å². The highest BCUT2D eigenvalue weighted by Crippen LogP contribution is 2.19. The lowest BCUT2D eigenvalue weighted by Crippen LogP contribution is -2.14. The van der Waals surface area contributed by atoms with Gasteiger partial charge in [-0.2, -0.15) is 0 Å². The molecule has 0 amide bonds. The highest BCUT2D eigenvalue weighted by molar-refractivity contribution is 7.81. The zero-order valence-electron chi connectivity index (χ0n) is 14.0. The Bertz CT molecular complexity index is 186. The number of aliphatic hydroxyl groups is 1. The second kappa shape index (κ2) is 14.3. The summed E-state index contributed by atoms with van der Waals surface area (Å²) in [6.45, 7) is 4.05. The molecule has 2 heteroatoms. The minimum Gasteiger partial charge on any atom is -0.380 e. The molecule has 0 aromatic carbocycles. The molecule has 1 N–H and O–H groups in total. The van der Waals surface area contributed by atoms with Gasteiger partial charge in [-0.15, -0.1) is 12.6 Å². The molecular formula is C18H38OS. The van der Waals surface area contributed by atoms with Gasteiger partial charge in [-0.05, 0) is 19.8 Å². The van der Waals surface area contributed by atoms with Crippen LogP contribution in [0, 0.1) is 0 Å². The van der Waals surface area contributed by atoms with Crippen molar-refractivity contribution in [1.82, 2.24) is 0 Å². The maximum atomic E-state index is 9.47. The van der Waals surface area contributed by atoms with E-state index in [9.17, 15) is 5.11 Å². The molecule has 1 nitrogen and oxygen atoms in total. The number of hydrogen-bond donors (Lipinski definition) is 2. The lowest BCUT2D eigenvalue weighted by Gasteiger charge is -2.15. The molecule has 1 unspecified atom stereocenters. The van der Waals surface area contributed by atoms with E-state index in [1.165, 1.54) is 83.5 Å². The molecule has 0 saturated carbocycles. The van der Waals surface area contributed by atoms with Gasteiger partial charge in [0.15, 0.2) is 0 Å². The molecule has 0 saturated heterocycles. The number of rotatable bonds is 15. The van der Waals surface area contributed by atoms with Crippen LogP contribution in [0.1, 0.15) is 110 Å². The van der Waals surface area contributed by atoms with E-state index < -0.39 is 4.93 Å². The quantitative estimate of drug-likeness (QED) is 0.201. The molecule has 1 atom stereocenters. The summed E-state index contributed by atoms with van der Waals surface area (Å²) in [6.07, 6.45) is 20.1. The van der Waals surface area contributed by atoms with E-state index >= 15 is 0 Å². The van der Waals surface area contributed by atoms with Crippen LogP contribution < -0.4 is 0 Å². The van der Waals surface area contributed by atoms with E-state index in [1.807, 2.05) is 0 Å². The molecule has 0 aliphatic heterocycles. The van der Waals surface area contributed by atoms with Crippen LogP contribution in [0.5, 0.6) is 0 Å². The monoisotopic (exact) mass is 302 g/mol. The van der Waals surface area contributed by atoms with Gasteiger partial charge in [-0.3, -0.25) is 0 Å². The Hall–Kier alpha value is 0.310. The van der Waals surface area contributed by atoms with Gasteiger partial charge in [0.2, 0.25) is 0 Å². The molecule has 0 fully saturated rings. The molecule has 0 bridgehead atoms. The summed E-state index contributed by atoms with van der Waals surface area (Å²) < 4.78 is 0. The summed E-state index contributed by atoms with van der Waals surface area (Å²) in [6, 6.07) is 0. The molecule has 0 aliphatic carbocycles. The summed E-state index contributed by atoms with van der Waals surface area (Å²) in [5.41, 5.74) is 0. The van der Waals surface area contributed by atoms with Crippen molar-refractivity contribution >= 4 is 12.6 Å². The first kappa shape index (κ1) is 20.3. The third-order valence-corrected chi connectivity index (χ3v) is 4.23. The summed E-state index contributed by atoms with van der Waals surface area (Å²) in [5.74, 6) is 0. The topological polar surface area (TPSA) is 20.2 Å². The molecule has 122 valence electrons. The van der Waals surface area contributed by atoms with Crippen molar-refractivity contribution in [2.75, 3.05) is 0 Å². The van der Waals surface area contributed by atoms with Crippen LogP contribution >= 0.6 is 12.6 Å². The highest BCUT2D eigenvalue weighted by atomic mass is 32.1. The van der Waals surface area contributed by atoms with Gasteiger partial charge in [-0.1, -0.05) is 90.4 Å². The Morgan fingerprint density at radius 3 is 1.25 bits per heavy atom. The zero-order chi connectivity index (χ0) is 15.1. The van der Waals surface area contributed by atoms with Gasteiger partial charge < -0.3 is 5.11 Å². The highest BCUT2D eigenvalue weighted by Gasteiger charge is 2.11. The summed E-state index contributed by atoms with van der Waals surface area (Å²) >= 11 is 4.13. The predicted octanol–water partition coefficient (Wildman–Crippen LogP) is 6.50. The van der Waals surface area contributed by atoms with Crippen molar-refractivity contribution in [3.05, 3.63) is 0 Å². The molecule has 0 aromatic rings. The fourth-order valence-corrected chi connectivity index (χ4v) is 2.81. The van der Waals surface area contributed by atoms with Crippen molar-refractivity contribution in [2.45, 2.75) is 115 Å². The first-order valence-corrected chi connectivity index (χ1v) is 9.46. The van der Waals surface area contributed by atoms with E-state index in [4.69, 9.17) is 0 Å². The standard InChI is InChI=1S/C18H38OS/c1-3-4-5-6-7-8-9-10-11-12-13-14-15-16-17-18(2,19)20/h19-20H,3-17H2,1-2H3. The molecule has 20 heavy (non-hydrogen) atoms. The Morgan fingerprint density at radius 2 is 0.950 bits per heavy atom. The van der Waals surface area contributed by atoms with Crippen molar-refractivity contribution < 1.29 is 5.11 Å². The Labute approximate surface area is 133 Å². The number of thiol groups is 1. The average Bonchev–Trinajstić information content (AvgIpc) is 2.38. The van der Waals surface area contributed by atoms with E-state index in [0.29, 0.717) is 0 Å². The van der Waals surface area contributed by atoms with Gasteiger partial charge in [-0.25, -0.2) is 0 Å². The maximum Gasteiger partial charge on any atom is 0.104 e. The molecule has 0 spiro atoms. The molecule has 0 heterocycles. The van der Waals surface area contributed by atoms with Gasteiger partial charge in [0.05, 0.1) is 0 Å². The molecular weight excluding hydrogens is 264 g/mol. The van der Waals surface area contributed by atoms with Crippen molar-refractivity contribution in [2.24, 2.45) is 0 Å². The van der Waals surface area contributed by atoms with E-state index in [0.717, 1.165) is 12.8 Å². The third kappa shape index (κ3) is 18.3. The fraction of sp³-hybridized carbons (Fsp3) is 1.00. The van der Waals surface area contributed by atoms with Gasteiger partial charge in [0.1, 0.15) is 4.93 Å². The molecule has 0 rings (SSSR count). The normalized spacial score (nSPS) is 14.4. The zero-order valence-corrected chi connectivity index (χ0v) is 14.9. The summed E-state index contributed by atoms with van der Waals surface area (Å²) in [7, 11) is 0. The first-order chi connectivity index (χ1) is 9.56. The second-order valence-electron chi connectivity index (χ2n) is 6.56. The van der Waals surface area contributed by atoms with Crippen LogP contribution in [0.25, 0.3) is 0 Å². The largest absolute Gasteiger partial charge is 0.380 e. The van der Waals surface area contributed by atoms with Crippen LogP contribution in [-0.4, -0.2) is 10.0 Å². The Balaban J connectivity index is 2.99. The third-order valence-electron chi connectivity index (χ3n) is 4.00. The van der Waals surface area contributed by atoms with Crippen LogP contribution in [-0.2, 0) is 0 Å². The van der Waals surface area contributed by atoms with Crippen molar-refractivity contribution in [3.8, 4) is 0 Å². The van der Waals surface area contributed by atoms with Crippen LogP contribution in [0.2, 0.25) is 0 Å². The van der Waals surface area contributed by atoms with Gasteiger partial charge in [0, 0.05) is 0 Å². The van der Waals surface area contributed by atoms with Crippen molar-refractivity contribution in [1.29, 1.82) is 0 Å². The van der Waals surface area contributed by atoms with Gasteiger partial charge in [0.25, 0.3) is 0 Å². The molecule has 0 aromatic heterocycles. The lowest BCUT2D eigenvalue weighted by molar-refractivity contribution is 0.146. The fourth-order valence-electron chi connectivity index (χ4n) is 2.65. The van der Waals surface area contributed by atoms with Gasteiger partial charge >= 0.3 is 0 Å². The average molecular weight is 303 g/mol. The predicted molar refractivity (Wildman–Crippen MR) is 94.5 cm³/mol. The van der Waals surface area contributed by atoms with Crippen molar-refractivity contribution in [3.63, 3.8) is 0 Å². The SMILES string of the molecule is CCCCCCCCCCCCCCCCC(C)(O)S. The lowest BCUT2D eigenvalue weighted by atomic mass is 10.0. The second-order valence-corrected chi connectivity index (χ2v) is 7.53. The maximum absolute atomic E-state index is 9.47. The Morgan fingerprint density at radius 1 is 0.650 bits per heavy atom. The summed E-state index contributed by atoms with van der Waals surface area (Å²) in [5, 5.41) is 9.47. The minimum absolute atomic E-state index is 0.767. The van der Waals surface area contributed by atoms with E-state index in [2.05, 4.69) is 19.6 Å². The molecule has 0 aliphatic rings. The smallest absolute Gasteiger partial charge is 0.104 e. The number of unbranched alkanes of at least 4 members (excludes halogenated alkanes) is 13. The van der Waals surface area contributed by atoms with Crippen LogP contribution in [0.15, 0.2) is 0 Å². The minimum atomic E-state index is -0.767. The van der Waals surface area contributed by atoms with E-state index in [-0.39, 0.29) is 0 Å². The number of hydrogen-bond acceptors (Lipinski definition) is 2. The van der Waals surface area contributed by atoms with E-state index in [1.54, 1.807) is 6.92 Å². The first-order valence-electron chi connectivity index (χ1n) is 9.01.